The zero-order valence-electron chi connectivity index (χ0n) is 18.3. The summed E-state index contributed by atoms with van der Waals surface area (Å²) in [6, 6.07) is 21.0. The van der Waals surface area contributed by atoms with Crippen LogP contribution in [0.15, 0.2) is 88.8 Å². The summed E-state index contributed by atoms with van der Waals surface area (Å²) in [5.74, 6) is 1.90. The summed E-state index contributed by atoms with van der Waals surface area (Å²) in [5.41, 5.74) is 2.47. The number of aromatic nitrogens is 4. The maximum atomic E-state index is 12.8. The topological polar surface area (TPSA) is 95.1 Å². The minimum Gasteiger partial charge on any atom is -0.494 e. The van der Waals surface area contributed by atoms with Crippen LogP contribution in [0.1, 0.15) is 5.56 Å². The number of hydrogen-bond acceptors (Lipinski definition) is 7. The van der Waals surface area contributed by atoms with Crippen LogP contribution in [-0.4, -0.2) is 38.5 Å². The molecule has 5 aromatic rings. The first kappa shape index (κ1) is 21.7. The Morgan fingerprint density at radius 3 is 2.74 bits per heavy atom. The summed E-state index contributed by atoms with van der Waals surface area (Å²) < 4.78 is 12.9. The number of ether oxygens (including phenoxy) is 1. The number of nitrogens with zero attached hydrogens (tertiary/aromatic N) is 4. The van der Waals surface area contributed by atoms with Gasteiger partial charge in [-0.1, -0.05) is 42.1 Å². The molecule has 2 aromatic carbocycles. The molecular formula is C25H21N5O3S. The Kier molecular flexibility index (Phi) is 6.26. The molecule has 3 aromatic heterocycles. The van der Waals surface area contributed by atoms with Gasteiger partial charge in [0.05, 0.1) is 31.4 Å². The van der Waals surface area contributed by atoms with Gasteiger partial charge in [-0.25, -0.2) is 0 Å². The molecule has 9 heteroatoms. The molecule has 0 aliphatic heterocycles. The summed E-state index contributed by atoms with van der Waals surface area (Å²) in [4.78, 5) is 17.2. The van der Waals surface area contributed by atoms with Crippen LogP contribution in [-0.2, 0) is 11.3 Å². The third-order valence-corrected chi connectivity index (χ3v) is 6.17. The molecule has 1 amide bonds. The fourth-order valence-corrected chi connectivity index (χ4v) is 4.37. The molecule has 34 heavy (non-hydrogen) atoms. The van der Waals surface area contributed by atoms with Crippen LogP contribution in [0.3, 0.4) is 0 Å². The number of nitrogens with one attached hydrogen (secondary N) is 1. The van der Waals surface area contributed by atoms with Gasteiger partial charge in [-0.3, -0.25) is 14.3 Å². The summed E-state index contributed by atoms with van der Waals surface area (Å²) in [6.45, 7) is 0.558. The minimum absolute atomic E-state index is 0.158. The summed E-state index contributed by atoms with van der Waals surface area (Å²) in [6.07, 6.45) is 3.30. The van der Waals surface area contributed by atoms with Gasteiger partial charge in [0.2, 0.25) is 11.7 Å². The predicted octanol–water partition coefficient (Wildman–Crippen LogP) is 4.87. The molecule has 0 spiro atoms. The van der Waals surface area contributed by atoms with E-state index in [1.165, 1.54) is 11.8 Å². The zero-order valence-corrected chi connectivity index (χ0v) is 19.2. The van der Waals surface area contributed by atoms with Crippen LogP contribution in [0, 0.1) is 0 Å². The van der Waals surface area contributed by atoms with Gasteiger partial charge < -0.3 is 14.5 Å². The number of pyridine rings is 1. The number of thioether (sulfide) groups is 1. The second-order valence-electron chi connectivity index (χ2n) is 7.41. The summed E-state index contributed by atoms with van der Waals surface area (Å²) in [7, 11) is 1.60. The first-order valence-corrected chi connectivity index (χ1v) is 11.6. The van der Waals surface area contributed by atoms with E-state index in [2.05, 4.69) is 20.5 Å². The van der Waals surface area contributed by atoms with Gasteiger partial charge >= 0.3 is 0 Å². The molecule has 0 bridgehead atoms. The van der Waals surface area contributed by atoms with Crippen molar-refractivity contribution in [3.63, 3.8) is 0 Å². The van der Waals surface area contributed by atoms with Gasteiger partial charge in [0.25, 0.3) is 0 Å². The SMILES string of the molecule is COc1ccc(NC(=O)CSc2nnc(-c3ccco3)n2Cc2ccccc2)c2cccnc12. The molecule has 0 aliphatic rings. The van der Waals surface area contributed by atoms with Crippen molar-refractivity contribution in [2.75, 3.05) is 18.2 Å². The number of fused-ring (bicyclic) bond motifs is 1. The van der Waals surface area contributed by atoms with Crippen molar-refractivity contribution >= 4 is 34.3 Å². The molecule has 0 radical (unpaired) electrons. The van der Waals surface area contributed by atoms with Crippen molar-refractivity contribution in [2.45, 2.75) is 11.7 Å². The molecule has 0 aliphatic carbocycles. The van der Waals surface area contributed by atoms with Crippen LogP contribution in [0.5, 0.6) is 5.75 Å². The number of carbonyl (C=O) groups excluding carboxylic acids is 1. The predicted molar refractivity (Wildman–Crippen MR) is 131 cm³/mol. The molecule has 0 atom stereocenters. The maximum Gasteiger partial charge on any atom is 0.234 e. The van der Waals surface area contributed by atoms with E-state index in [0.29, 0.717) is 40.2 Å². The van der Waals surface area contributed by atoms with E-state index in [0.717, 1.165) is 10.9 Å². The van der Waals surface area contributed by atoms with E-state index in [9.17, 15) is 4.79 Å². The van der Waals surface area contributed by atoms with Crippen molar-refractivity contribution in [3.05, 3.63) is 84.8 Å². The fourth-order valence-electron chi connectivity index (χ4n) is 3.63. The normalized spacial score (nSPS) is 11.0. The van der Waals surface area contributed by atoms with E-state index in [-0.39, 0.29) is 11.7 Å². The second-order valence-corrected chi connectivity index (χ2v) is 8.35. The van der Waals surface area contributed by atoms with Crippen LogP contribution >= 0.6 is 11.8 Å². The Bertz CT molecular complexity index is 1420. The number of rotatable bonds is 8. The van der Waals surface area contributed by atoms with Crippen molar-refractivity contribution < 1.29 is 13.9 Å². The maximum absolute atomic E-state index is 12.8. The van der Waals surface area contributed by atoms with E-state index in [1.807, 2.05) is 65.2 Å². The molecule has 170 valence electrons. The van der Waals surface area contributed by atoms with Crippen LogP contribution in [0.2, 0.25) is 0 Å². The lowest BCUT2D eigenvalue weighted by Crippen LogP contribution is -2.15. The molecule has 5 rings (SSSR count). The average molecular weight is 472 g/mol. The Morgan fingerprint density at radius 2 is 1.94 bits per heavy atom. The van der Waals surface area contributed by atoms with Crippen LogP contribution in [0.4, 0.5) is 5.69 Å². The minimum atomic E-state index is -0.158. The number of methoxy groups -OCH3 is 1. The van der Waals surface area contributed by atoms with E-state index >= 15 is 0 Å². The third kappa shape index (κ3) is 4.51. The average Bonchev–Trinajstić information content (AvgIpc) is 3.54. The molecular weight excluding hydrogens is 450 g/mol. The zero-order chi connectivity index (χ0) is 23.3. The Labute approximate surface area is 200 Å². The van der Waals surface area contributed by atoms with E-state index < -0.39 is 0 Å². The molecule has 0 fully saturated rings. The molecule has 0 saturated heterocycles. The highest BCUT2D eigenvalue weighted by molar-refractivity contribution is 7.99. The lowest BCUT2D eigenvalue weighted by molar-refractivity contribution is -0.113. The standard InChI is InChI=1S/C25H21N5O3S/c1-32-20-12-11-19(18-9-5-13-26-23(18)20)27-22(31)16-34-25-29-28-24(21-10-6-14-33-21)30(25)15-17-7-3-2-4-8-17/h2-14H,15-16H2,1H3,(H,27,31). The van der Waals surface area contributed by atoms with Gasteiger partial charge in [-0.15, -0.1) is 10.2 Å². The fraction of sp³-hybridized carbons (Fsp3) is 0.120. The second kappa shape index (κ2) is 9.80. The highest BCUT2D eigenvalue weighted by Crippen LogP contribution is 2.30. The monoisotopic (exact) mass is 471 g/mol. The first-order valence-electron chi connectivity index (χ1n) is 10.6. The number of anilines is 1. The van der Waals surface area contributed by atoms with E-state index in [1.54, 1.807) is 25.6 Å². The van der Waals surface area contributed by atoms with Crippen LogP contribution in [0.25, 0.3) is 22.5 Å². The van der Waals surface area contributed by atoms with Gasteiger partial charge in [0.1, 0.15) is 11.3 Å². The number of carbonyl (C=O) groups is 1. The van der Waals surface area contributed by atoms with Crippen molar-refractivity contribution in [3.8, 4) is 17.3 Å². The summed E-state index contributed by atoms with van der Waals surface area (Å²) >= 11 is 1.32. The van der Waals surface area contributed by atoms with E-state index in [4.69, 9.17) is 9.15 Å². The lowest BCUT2D eigenvalue weighted by Gasteiger charge is -2.11. The van der Waals surface area contributed by atoms with Gasteiger partial charge in [-0.2, -0.15) is 0 Å². The highest BCUT2D eigenvalue weighted by Gasteiger charge is 2.18. The molecule has 3 heterocycles. The van der Waals surface area contributed by atoms with Gasteiger partial charge in [0.15, 0.2) is 10.9 Å². The molecule has 1 N–H and O–H groups in total. The Balaban J connectivity index is 1.35. The quantitative estimate of drug-likeness (QED) is 0.323. The highest BCUT2D eigenvalue weighted by atomic mass is 32.2. The smallest absolute Gasteiger partial charge is 0.234 e. The molecule has 0 unspecified atom stereocenters. The van der Waals surface area contributed by atoms with Crippen LogP contribution < -0.4 is 10.1 Å². The first-order chi connectivity index (χ1) is 16.7. The number of furan rings is 1. The van der Waals surface area contributed by atoms with Crippen molar-refractivity contribution in [1.29, 1.82) is 0 Å². The number of hydrogen-bond donors (Lipinski definition) is 1. The number of benzene rings is 2. The molecule has 8 nitrogen and oxygen atoms in total. The number of amides is 1. The molecule has 0 saturated carbocycles. The van der Waals surface area contributed by atoms with Crippen molar-refractivity contribution in [1.82, 2.24) is 19.7 Å². The third-order valence-electron chi connectivity index (χ3n) is 5.20. The summed E-state index contributed by atoms with van der Waals surface area (Å²) in [5, 5.41) is 13.1. The van der Waals surface area contributed by atoms with Gasteiger partial charge in [-0.05, 0) is 42.0 Å². The Morgan fingerprint density at radius 1 is 1.06 bits per heavy atom. The van der Waals surface area contributed by atoms with Gasteiger partial charge in [0, 0.05) is 11.6 Å². The largest absolute Gasteiger partial charge is 0.494 e. The Hall–Kier alpha value is -4.11. The van der Waals surface area contributed by atoms with Crippen molar-refractivity contribution in [2.24, 2.45) is 0 Å². The lowest BCUT2D eigenvalue weighted by atomic mass is 10.1.